The van der Waals surface area contributed by atoms with E-state index in [9.17, 15) is 19.7 Å². The molecule has 15 heavy (non-hydrogen) atoms. The Morgan fingerprint density at radius 3 is 2.60 bits per heavy atom. The third-order valence-corrected chi connectivity index (χ3v) is 2.17. The van der Waals surface area contributed by atoms with E-state index in [4.69, 9.17) is 0 Å². The summed E-state index contributed by atoms with van der Waals surface area (Å²) in [5.74, 6) is 0. The van der Waals surface area contributed by atoms with Gasteiger partial charge in [-0.1, -0.05) is 15.9 Å². The van der Waals surface area contributed by atoms with Crippen molar-refractivity contribution in [3.63, 3.8) is 0 Å². The summed E-state index contributed by atoms with van der Waals surface area (Å²) in [6, 6.07) is 0. The van der Waals surface area contributed by atoms with Crippen molar-refractivity contribution in [3.8, 4) is 0 Å². The maximum Gasteiger partial charge on any atom is 0.350 e. The van der Waals surface area contributed by atoms with Gasteiger partial charge in [-0.3, -0.25) is 24.0 Å². The highest BCUT2D eigenvalue weighted by molar-refractivity contribution is 9.09. The smallest absolute Gasteiger partial charge is 0.297 e. The number of hydrogen-bond donors (Lipinski definition) is 0. The fraction of sp³-hybridized carbons (Fsp3) is 0.429. The molecule has 0 spiro atoms. The third kappa shape index (κ3) is 2.14. The van der Waals surface area contributed by atoms with Gasteiger partial charge in [-0.25, -0.2) is 4.79 Å². The molecule has 0 radical (unpaired) electrons. The van der Waals surface area contributed by atoms with Gasteiger partial charge in [-0.15, -0.1) is 0 Å². The first-order valence-electron chi connectivity index (χ1n) is 4.00. The lowest BCUT2D eigenvalue weighted by Gasteiger charge is -2.04. The summed E-state index contributed by atoms with van der Waals surface area (Å²) >= 11 is 3.06. The van der Waals surface area contributed by atoms with Crippen molar-refractivity contribution < 1.29 is 4.92 Å². The molecule has 0 saturated heterocycles. The molecule has 0 saturated carbocycles. The molecule has 82 valence electrons. The molecule has 0 aliphatic heterocycles. The summed E-state index contributed by atoms with van der Waals surface area (Å²) in [7, 11) is 1.36. The van der Waals surface area contributed by atoms with E-state index in [1.54, 1.807) is 0 Å². The van der Waals surface area contributed by atoms with Crippen LogP contribution in [-0.4, -0.2) is 19.4 Å². The van der Waals surface area contributed by atoms with Gasteiger partial charge in [0, 0.05) is 18.9 Å². The van der Waals surface area contributed by atoms with E-state index in [1.165, 1.54) is 7.05 Å². The Morgan fingerprint density at radius 1 is 1.53 bits per heavy atom. The minimum atomic E-state index is -0.873. The second kappa shape index (κ2) is 4.39. The molecule has 1 aromatic heterocycles. The van der Waals surface area contributed by atoms with Crippen molar-refractivity contribution in [2.45, 2.75) is 6.54 Å². The average Bonchev–Trinajstić information content (AvgIpc) is 2.18. The van der Waals surface area contributed by atoms with Gasteiger partial charge in [0.1, 0.15) is 0 Å². The second-order valence-electron chi connectivity index (χ2n) is 2.81. The first-order chi connectivity index (χ1) is 6.99. The number of rotatable bonds is 3. The Hall–Kier alpha value is -1.44. The Morgan fingerprint density at radius 2 is 2.13 bits per heavy atom. The predicted octanol–water partition coefficient (Wildman–Crippen LogP) is -0.150. The fourth-order valence-electron chi connectivity index (χ4n) is 1.12. The topological polar surface area (TPSA) is 87.1 Å². The molecule has 0 amide bonds. The van der Waals surface area contributed by atoms with Gasteiger partial charge in [0.2, 0.25) is 0 Å². The van der Waals surface area contributed by atoms with E-state index in [0.717, 1.165) is 15.3 Å². The van der Waals surface area contributed by atoms with Gasteiger partial charge in [0.05, 0.1) is 11.1 Å². The average molecular weight is 278 g/mol. The molecule has 0 aliphatic rings. The van der Waals surface area contributed by atoms with Crippen molar-refractivity contribution >= 4 is 21.6 Å². The van der Waals surface area contributed by atoms with Crippen LogP contribution < -0.4 is 11.2 Å². The molecule has 7 nitrogen and oxygen atoms in total. The normalized spacial score (nSPS) is 10.3. The van der Waals surface area contributed by atoms with Gasteiger partial charge in [0.15, 0.2) is 0 Å². The molecule has 0 atom stereocenters. The molecule has 0 bridgehead atoms. The van der Waals surface area contributed by atoms with Crippen LogP contribution in [0.3, 0.4) is 0 Å². The van der Waals surface area contributed by atoms with Crippen LogP contribution in [0.25, 0.3) is 0 Å². The van der Waals surface area contributed by atoms with E-state index in [1.807, 2.05) is 0 Å². The fourth-order valence-corrected chi connectivity index (χ4v) is 1.47. The van der Waals surface area contributed by atoms with Gasteiger partial charge in [-0.2, -0.15) is 0 Å². The molecule has 0 aliphatic carbocycles. The minimum absolute atomic E-state index is 0.104. The van der Waals surface area contributed by atoms with Crippen LogP contribution in [0.15, 0.2) is 15.8 Å². The first-order valence-corrected chi connectivity index (χ1v) is 5.12. The quantitative estimate of drug-likeness (QED) is 0.437. The molecule has 0 unspecified atom stereocenters. The lowest BCUT2D eigenvalue weighted by atomic mass is 10.5. The SMILES string of the molecule is Cn1cc([N+](=O)[O-])c(=O)n(CCBr)c1=O. The van der Waals surface area contributed by atoms with Gasteiger partial charge in [-0.05, 0) is 0 Å². The monoisotopic (exact) mass is 277 g/mol. The third-order valence-electron chi connectivity index (χ3n) is 1.82. The number of nitro groups is 1. The number of alkyl halides is 1. The second-order valence-corrected chi connectivity index (χ2v) is 3.60. The largest absolute Gasteiger partial charge is 0.350 e. The highest BCUT2D eigenvalue weighted by Gasteiger charge is 2.17. The molecule has 0 aromatic carbocycles. The van der Waals surface area contributed by atoms with Crippen LogP contribution in [0.4, 0.5) is 5.69 Å². The molecule has 1 rings (SSSR count). The van der Waals surface area contributed by atoms with Crippen LogP contribution in [0.1, 0.15) is 0 Å². The summed E-state index contributed by atoms with van der Waals surface area (Å²) in [4.78, 5) is 32.6. The highest BCUT2D eigenvalue weighted by Crippen LogP contribution is 1.99. The zero-order valence-electron chi connectivity index (χ0n) is 7.84. The maximum absolute atomic E-state index is 11.5. The van der Waals surface area contributed by atoms with Crippen LogP contribution in [0.5, 0.6) is 0 Å². The summed E-state index contributed by atoms with van der Waals surface area (Å²) in [5, 5.41) is 10.9. The lowest BCUT2D eigenvalue weighted by molar-refractivity contribution is -0.387. The molecule has 0 fully saturated rings. The number of halogens is 1. The zero-order valence-corrected chi connectivity index (χ0v) is 9.43. The first kappa shape index (κ1) is 11.6. The van der Waals surface area contributed by atoms with Crippen molar-refractivity contribution in [2.75, 3.05) is 5.33 Å². The van der Waals surface area contributed by atoms with E-state index in [0.29, 0.717) is 5.33 Å². The van der Waals surface area contributed by atoms with Crippen LogP contribution in [0, 0.1) is 10.1 Å². The van der Waals surface area contributed by atoms with Crippen LogP contribution in [0.2, 0.25) is 0 Å². The maximum atomic E-state index is 11.5. The molecule has 0 N–H and O–H groups in total. The highest BCUT2D eigenvalue weighted by atomic mass is 79.9. The molecular formula is C7H8BrN3O4. The molecule has 1 aromatic rings. The van der Waals surface area contributed by atoms with Crippen LogP contribution in [-0.2, 0) is 13.6 Å². The van der Waals surface area contributed by atoms with Crippen molar-refractivity contribution in [1.29, 1.82) is 0 Å². The van der Waals surface area contributed by atoms with Crippen molar-refractivity contribution in [3.05, 3.63) is 37.1 Å². The Balaban J connectivity index is 3.57. The molecule has 1 heterocycles. The summed E-state index contributed by atoms with van der Waals surface area (Å²) in [6.45, 7) is 0.104. The summed E-state index contributed by atoms with van der Waals surface area (Å²) in [6.07, 6.45) is 0.926. The van der Waals surface area contributed by atoms with Crippen molar-refractivity contribution in [1.82, 2.24) is 9.13 Å². The Labute approximate surface area is 92.2 Å². The number of aryl methyl sites for hydroxylation is 1. The standard InChI is InChI=1S/C7H8BrN3O4/c1-9-4-5(11(14)15)6(12)10(3-2-8)7(9)13/h4H,2-3H2,1H3. The van der Waals surface area contributed by atoms with Gasteiger partial charge < -0.3 is 0 Å². The van der Waals surface area contributed by atoms with E-state index >= 15 is 0 Å². The Kier molecular flexibility index (Phi) is 3.40. The minimum Gasteiger partial charge on any atom is -0.297 e. The van der Waals surface area contributed by atoms with Crippen LogP contribution >= 0.6 is 15.9 Å². The predicted molar refractivity (Wildman–Crippen MR) is 56.4 cm³/mol. The van der Waals surface area contributed by atoms with E-state index in [-0.39, 0.29) is 6.54 Å². The van der Waals surface area contributed by atoms with Crippen molar-refractivity contribution in [2.24, 2.45) is 7.05 Å². The lowest BCUT2D eigenvalue weighted by Crippen LogP contribution is -2.39. The summed E-state index contributed by atoms with van der Waals surface area (Å²) < 4.78 is 1.84. The Bertz CT molecular complexity index is 504. The number of nitrogens with zero attached hydrogens (tertiary/aromatic N) is 3. The van der Waals surface area contributed by atoms with Gasteiger partial charge in [0.25, 0.3) is 0 Å². The molecular weight excluding hydrogens is 270 g/mol. The molecule has 8 heteroatoms. The van der Waals surface area contributed by atoms with E-state index in [2.05, 4.69) is 15.9 Å². The number of hydrogen-bond acceptors (Lipinski definition) is 4. The number of aromatic nitrogens is 2. The van der Waals surface area contributed by atoms with Gasteiger partial charge >= 0.3 is 16.9 Å². The van der Waals surface area contributed by atoms with E-state index < -0.39 is 21.9 Å². The summed E-state index contributed by atoms with van der Waals surface area (Å²) in [5.41, 5.74) is -2.04. The zero-order chi connectivity index (χ0) is 11.6.